The van der Waals surface area contributed by atoms with Gasteiger partial charge in [0.25, 0.3) is 0 Å². The number of nitrogens with two attached hydrogens (primary N) is 1. The molecular formula is C10H18N4O. The van der Waals surface area contributed by atoms with E-state index in [1.165, 1.54) is 0 Å². The number of imidazole rings is 1. The van der Waals surface area contributed by atoms with E-state index in [1.54, 1.807) is 12.5 Å². The largest absolute Gasteiger partial charge is 0.355 e. The maximum Gasteiger partial charge on any atom is 0.224 e. The van der Waals surface area contributed by atoms with Gasteiger partial charge in [-0.05, 0) is 6.42 Å². The van der Waals surface area contributed by atoms with E-state index < -0.39 is 0 Å². The zero-order chi connectivity index (χ0) is 11.1. The molecule has 84 valence electrons. The Kier molecular flexibility index (Phi) is 4.83. The smallest absolute Gasteiger partial charge is 0.224 e. The Labute approximate surface area is 89.5 Å². The van der Waals surface area contributed by atoms with Gasteiger partial charge in [0.05, 0.1) is 6.33 Å². The van der Waals surface area contributed by atoms with Crippen molar-refractivity contribution in [2.24, 2.45) is 11.7 Å². The molecule has 0 spiro atoms. The summed E-state index contributed by atoms with van der Waals surface area (Å²) in [4.78, 5) is 18.4. The lowest BCUT2D eigenvalue weighted by Crippen LogP contribution is -2.35. The van der Waals surface area contributed by atoms with Crippen LogP contribution in [-0.2, 0) is 11.2 Å². The fourth-order valence-corrected chi connectivity index (χ4v) is 1.35. The van der Waals surface area contributed by atoms with Crippen molar-refractivity contribution in [3.8, 4) is 0 Å². The van der Waals surface area contributed by atoms with Crippen LogP contribution in [0.5, 0.6) is 0 Å². The summed E-state index contributed by atoms with van der Waals surface area (Å²) in [5.41, 5.74) is 6.50. The van der Waals surface area contributed by atoms with Gasteiger partial charge in [-0.2, -0.15) is 0 Å². The van der Waals surface area contributed by atoms with Crippen LogP contribution >= 0.6 is 0 Å². The minimum atomic E-state index is -0.0632. The van der Waals surface area contributed by atoms with Crippen LogP contribution in [0.15, 0.2) is 12.5 Å². The highest BCUT2D eigenvalue weighted by Gasteiger charge is 2.13. The van der Waals surface area contributed by atoms with Gasteiger partial charge in [-0.15, -0.1) is 0 Å². The average molecular weight is 210 g/mol. The number of aromatic nitrogens is 2. The predicted octanol–water partition coefficient (Wildman–Crippen LogP) is 0.0533. The molecule has 1 aromatic heterocycles. The lowest BCUT2D eigenvalue weighted by Gasteiger charge is -2.11. The van der Waals surface area contributed by atoms with Crippen molar-refractivity contribution in [2.75, 3.05) is 13.1 Å². The Balaban J connectivity index is 2.22. The Hall–Kier alpha value is -1.36. The SMILES string of the molecule is CCC(CN)C(=O)NCCc1cnc[nH]1. The van der Waals surface area contributed by atoms with Crippen molar-refractivity contribution in [3.05, 3.63) is 18.2 Å². The molecule has 1 rings (SSSR count). The molecule has 15 heavy (non-hydrogen) atoms. The van der Waals surface area contributed by atoms with Gasteiger partial charge in [-0.1, -0.05) is 6.92 Å². The highest BCUT2D eigenvalue weighted by atomic mass is 16.1. The molecule has 5 heteroatoms. The Morgan fingerprint density at radius 1 is 1.73 bits per heavy atom. The van der Waals surface area contributed by atoms with Crippen LogP contribution in [-0.4, -0.2) is 29.0 Å². The number of hydrogen-bond acceptors (Lipinski definition) is 3. The number of nitrogens with one attached hydrogen (secondary N) is 2. The minimum absolute atomic E-state index is 0.0412. The van der Waals surface area contributed by atoms with Gasteiger partial charge in [0.1, 0.15) is 0 Å². The van der Waals surface area contributed by atoms with Gasteiger partial charge in [0.2, 0.25) is 5.91 Å². The van der Waals surface area contributed by atoms with Crippen molar-refractivity contribution in [1.29, 1.82) is 0 Å². The lowest BCUT2D eigenvalue weighted by atomic mass is 10.1. The van der Waals surface area contributed by atoms with E-state index in [2.05, 4.69) is 15.3 Å². The second-order valence-corrected chi connectivity index (χ2v) is 3.46. The van der Waals surface area contributed by atoms with E-state index >= 15 is 0 Å². The number of carbonyl (C=O) groups is 1. The predicted molar refractivity (Wildman–Crippen MR) is 58.1 cm³/mol. The van der Waals surface area contributed by atoms with E-state index in [-0.39, 0.29) is 11.8 Å². The third-order valence-corrected chi connectivity index (χ3v) is 2.40. The molecule has 0 aliphatic carbocycles. The highest BCUT2D eigenvalue weighted by Crippen LogP contribution is 1.99. The standard InChI is InChI=1S/C10H18N4O/c1-2-8(5-11)10(15)13-4-3-9-6-12-7-14-9/h6-8H,2-5,11H2,1H3,(H,12,14)(H,13,15). The summed E-state index contributed by atoms with van der Waals surface area (Å²) in [7, 11) is 0. The zero-order valence-electron chi connectivity index (χ0n) is 8.99. The fourth-order valence-electron chi connectivity index (χ4n) is 1.35. The molecule has 1 atom stereocenters. The molecule has 0 aliphatic heterocycles. The van der Waals surface area contributed by atoms with Gasteiger partial charge < -0.3 is 16.0 Å². The summed E-state index contributed by atoms with van der Waals surface area (Å²) < 4.78 is 0. The third kappa shape index (κ3) is 3.71. The number of hydrogen-bond donors (Lipinski definition) is 3. The van der Waals surface area contributed by atoms with E-state index in [4.69, 9.17) is 5.73 Å². The van der Waals surface area contributed by atoms with Crippen molar-refractivity contribution in [2.45, 2.75) is 19.8 Å². The van der Waals surface area contributed by atoms with E-state index in [9.17, 15) is 4.79 Å². The molecule has 0 fully saturated rings. The van der Waals surface area contributed by atoms with Crippen LogP contribution in [0.4, 0.5) is 0 Å². The fraction of sp³-hybridized carbons (Fsp3) is 0.600. The molecule has 4 N–H and O–H groups in total. The van der Waals surface area contributed by atoms with Crippen molar-refractivity contribution in [3.63, 3.8) is 0 Å². The Morgan fingerprint density at radius 3 is 3.07 bits per heavy atom. The Morgan fingerprint density at radius 2 is 2.53 bits per heavy atom. The van der Waals surface area contributed by atoms with Gasteiger partial charge >= 0.3 is 0 Å². The number of carbonyl (C=O) groups excluding carboxylic acids is 1. The number of amides is 1. The number of aromatic amines is 1. The van der Waals surface area contributed by atoms with Crippen LogP contribution in [0.3, 0.4) is 0 Å². The molecule has 5 nitrogen and oxygen atoms in total. The first-order valence-corrected chi connectivity index (χ1v) is 5.23. The summed E-state index contributed by atoms with van der Waals surface area (Å²) >= 11 is 0. The van der Waals surface area contributed by atoms with Gasteiger partial charge in [-0.3, -0.25) is 4.79 Å². The lowest BCUT2D eigenvalue weighted by molar-refractivity contribution is -0.124. The third-order valence-electron chi connectivity index (χ3n) is 2.40. The molecule has 1 amide bonds. The summed E-state index contributed by atoms with van der Waals surface area (Å²) in [6.07, 6.45) is 4.94. The normalized spacial score (nSPS) is 12.4. The Bertz CT molecular complexity index is 280. The number of nitrogens with zero attached hydrogens (tertiary/aromatic N) is 1. The summed E-state index contributed by atoms with van der Waals surface area (Å²) in [6.45, 7) is 3.00. The number of rotatable bonds is 6. The van der Waals surface area contributed by atoms with Crippen molar-refractivity contribution < 1.29 is 4.79 Å². The molecule has 0 radical (unpaired) electrons. The number of H-pyrrole nitrogens is 1. The maximum atomic E-state index is 11.5. The molecule has 1 unspecified atom stereocenters. The first-order chi connectivity index (χ1) is 7.27. The molecular weight excluding hydrogens is 192 g/mol. The van der Waals surface area contributed by atoms with Gasteiger partial charge in [-0.25, -0.2) is 4.98 Å². The quantitative estimate of drug-likeness (QED) is 0.620. The molecule has 0 saturated heterocycles. The van der Waals surface area contributed by atoms with Crippen LogP contribution < -0.4 is 11.1 Å². The highest BCUT2D eigenvalue weighted by molar-refractivity contribution is 5.78. The van der Waals surface area contributed by atoms with Crippen LogP contribution in [0.1, 0.15) is 19.0 Å². The average Bonchev–Trinajstić information content (AvgIpc) is 2.72. The molecule has 0 saturated carbocycles. The molecule has 0 aromatic carbocycles. The second kappa shape index (κ2) is 6.19. The summed E-state index contributed by atoms with van der Waals surface area (Å²) in [6, 6.07) is 0. The van der Waals surface area contributed by atoms with Crippen LogP contribution in [0.2, 0.25) is 0 Å². The summed E-state index contributed by atoms with van der Waals surface area (Å²) in [5, 5.41) is 2.86. The van der Waals surface area contributed by atoms with Crippen LogP contribution in [0.25, 0.3) is 0 Å². The summed E-state index contributed by atoms with van der Waals surface area (Å²) in [5.74, 6) is -0.0220. The van der Waals surface area contributed by atoms with Crippen molar-refractivity contribution >= 4 is 5.91 Å². The first kappa shape index (κ1) is 11.7. The van der Waals surface area contributed by atoms with Gasteiger partial charge in [0.15, 0.2) is 0 Å². The molecule has 0 bridgehead atoms. The minimum Gasteiger partial charge on any atom is -0.355 e. The van der Waals surface area contributed by atoms with E-state index in [0.29, 0.717) is 13.1 Å². The monoisotopic (exact) mass is 210 g/mol. The topological polar surface area (TPSA) is 83.8 Å². The second-order valence-electron chi connectivity index (χ2n) is 3.46. The van der Waals surface area contributed by atoms with E-state index in [1.807, 2.05) is 6.92 Å². The van der Waals surface area contributed by atoms with Crippen LogP contribution in [0, 0.1) is 5.92 Å². The molecule has 1 aromatic rings. The maximum absolute atomic E-state index is 11.5. The van der Waals surface area contributed by atoms with Gasteiger partial charge in [0, 0.05) is 37.3 Å². The van der Waals surface area contributed by atoms with E-state index in [0.717, 1.165) is 18.5 Å². The molecule has 0 aliphatic rings. The molecule has 1 heterocycles. The van der Waals surface area contributed by atoms with Crippen molar-refractivity contribution in [1.82, 2.24) is 15.3 Å². The zero-order valence-corrected chi connectivity index (χ0v) is 8.99. The first-order valence-electron chi connectivity index (χ1n) is 5.23.